The van der Waals surface area contributed by atoms with E-state index in [0.717, 1.165) is 5.56 Å². The van der Waals surface area contributed by atoms with Crippen molar-refractivity contribution in [2.24, 2.45) is 7.05 Å². The maximum atomic E-state index is 11.1. The zero-order valence-corrected chi connectivity index (χ0v) is 10.1. The van der Waals surface area contributed by atoms with Gasteiger partial charge in [-0.15, -0.1) is 0 Å². The van der Waals surface area contributed by atoms with Crippen molar-refractivity contribution < 1.29 is 9.53 Å². The summed E-state index contributed by atoms with van der Waals surface area (Å²) in [6, 6.07) is 2.07. The van der Waals surface area contributed by atoms with Crippen molar-refractivity contribution in [3.8, 4) is 0 Å². The van der Waals surface area contributed by atoms with Crippen molar-refractivity contribution in [3.05, 3.63) is 23.5 Å². The summed E-state index contributed by atoms with van der Waals surface area (Å²) < 4.78 is 6.71. The van der Waals surface area contributed by atoms with Gasteiger partial charge in [0.2, 0.25) is 0 Å². The van der Waals surface area contributed by atoms with Gasteiger partial charge in [-0.2, -0.15) is 0 Å². The Kier molecular flexibility index (Phi) is 3.22. The van der Waals surface area contributed by atoms with Gasteiger partial charge in [-0.25, -0.2) is 0 Å². The second-order valence-electron chi connectivity index (χ2n) is 4.85. The first kappa shape index (κ1) is 11.8. The third-order valence-electron chi connectivity index (χ3n) is 2.41. The molecule has 1 aromatic rings. The van der Waals surface area contributed by atoms with Crippen LogP contribution in [0.1, 0.15) is 32.0 Å². The maximum absolute atomic E-state index is 11.1. The standard InChI is InChI=1S/C12H19NO2/c1-12(2,3)10-6-9(8-13(10)4)7-11(14)15-5/h6,8H,7H2,1-5H3. The number of aromatic nitrogens is 1. The third-order valence-corrected chi connectivity index (χ3v) is 2.41. The fourth-order valence-electron chi connectivity index (χ4n) is 1.71. The molecule has 0 aliphatic carbocycles. The molecule has 0 saturated carbocycles. The molecule has 0 unspecified atom stereocenters. The minimum Gasteiger partial charge on any atom is -0.469 e. The average molecular weight is 209 g/mol. The number of aryl methyl sites for hydroxylation is 1. The van der Waals surface area contributed by atoms with Crippen LogP contribution >= 0.6 is 0 Å². The molecule has 84 valence electrons. The van der Waals surface area contributed by atoms with Crippen LogP contribution in [-0.4, -0.2) is 17.6 Å². The summed E-state index contributed by atoms with van der Waals surface area (Å²) in [5.41, 5.74) is 2.33. The number of hydrogen-bond donors (Lipinski definition) is 0. The van der Waals surface area contributed by atoms with Crippen LogP contribution in [0.3, 0.4) is 0 Å². The molecule has 0 aromatic carbocycles. The normalized spacial score (nSPS) is 11.5. The number of methoxy groups -OCH3 is 1. The van der Waals surface area contributed by atoms with Crippen molar-refractivity contribution in [2.75, 3.05) is 7.11 Å². The second-order valence-corrected chi connectivity index (χ2v) is 4.85. The highest BCUT2D eigenvalue weighted by atomic mass is 16.5. The van der Waals surface area contributed by atoms with E-state index >= 15 is 0 Å². The fourth-order valence-corrected chi connectivity index (χ4v) is 1.71. The monoisotopic (exact) mass is 209 g/mol. The van der Waals surface area contributed by atoms with Gasteiger partial charge < -0.3 is 9.30 Å². The van der Waals surface area contributed by atoms with Gasteiger partial charge >= 0.3 is 5.97 Å². The number of nitrogens with zero attached hydrogens (tertiary/aromatic N) is 1. The summed E-state index contributed by atoms with van der Waals surface area (Å²) in [5.74, 6) is -0.193. The van der Waals surface area contributed by atoms with Gasteiger partial charge in [0.1, 0.15) is 0 Å². The van der Waals surface area contributed by atoms with E-state index in [1.807, 2.05) is 13.2 Å². The molecule has 0 atom stereocenters. The third kappa shape index (κ3) is 2.85. The molecular formula is C12H19NO2. The molecular weight excluding hydrogens is 190 g/mol. The Bertz CT molecular complexity index is 358. The lowest BCUT2D eigenvalue weighted by molar-refractivity contribution is -0.139. The zero-order chi connectivity index (χ0) is 11.6. The molecule has 0 spiro atoms. The number of hydrogen-bond acceptors (Lipinski definition) is 2. The van der Waals surface area contributed by atoms with E-state index in [1.54, 1.807) is 0 Å². The van der Waals surface area contributed by atoms with Crippen LogP contribution < -0.4 is 0 Å². The molecule has 1 rings (SSSR count). The van der Waals surface area contributed by atoms with Gasteiger partial charge in [-0.3, -0.25) is 4.79 Å². The summed E-state index contributed by atoms with van der Waals surface area (Å²) in [7, 11) is 3.41. The van der Waals surface area contributed by atoms with Crippen LogP contribution in [0.5, 0.6) is 0 Å². The van der Waals surface area contributed by atoms with E-state index in [9.17, 15) is 4.79 Å². The Hall–Kier alpha value is -1.25. The molecule has 0 fully saturated rings. The van der Waals surface area contributed by atoms with Crippen molar-refractivity contribution in [1.82, 2.24) is 4.57 Å². The van der Waals surface area contributed by atoms with E-state index in [2.05, 4.69) is 36.1 Å². The van der Waals surface area contributed by atoms with Crippen LogP contribution in [0.15, 0.2) is 12.3 Å². The second kappa shape index (κ2) is 4.09. The summed E-state index contributed by atoms with van der Waals surface area (Å²) in [6.45, 7) is 6.47. The molecule has 3 nitrogen and oxygen atoms in total. The number of carbonyl (C=O) groups excluding carboxylic acids is 1. The van der Waals surface area contributed by atoms with Gasteiger partial charge in [0, 0.05) is 24.4 Å². The smallest absolute Gasteiger partial charge is 0.310 e. The number of carbonyl (C=O) groups is 1. The predicted molar refractivity (Wildman–Crippen MR) is 59.8 cm³/mol. The Labute approximate surface area is 91.0 Å². The quantitative estimate of drug-likeness (QED) is 0.698. The minimum absolute atomic E-state index is 0.100. The van der Waals surface area contributed by atoms with Crippen molar-refractivity contribution in [3.63, 3.8) is 0 Å². The topological polar surface area (TPSA) is 31.2 Å². The average Bonchev–Trinajstić information content (AvgIpc) is 2.45. The SMILES string of the molecule is COC(=O)Cc1cc(C(C)(C)C)n(C)c1. The summed E-state index contributed by atoms with van der Waals surface area (Å²) in [4.78, 5) is 11.1. The lowest BCUT2D eigenvalue weighted by Crippen LogP contribution is -2.15. The van der Waals surface area contributed by atoms with E-state index < -0.39 is 0 Å². The van der Waals surface area contributed by atoms with Gasteiger partial charge in [-0.1, -0.05) is 20.8 Å². The van der Waals surface area contributed by atoms with Crippen LogP contribution in [0, 0.1) is 0 Å². The molecule has 0 aliphatic heterocycles. The van der Waals surface area contributed by atoms with Crippen LogP contribution in [0.25, 0.3) is 0 Å². The summed E-state index contributed by atoms with van der Waals surface area (Å²) >= 11 is 0. The lowest BCUT2D eigenvalue weighted by Gasteiger charge is -2.19. The molecule has 0 radical (unpaired) electrons. The van der Waals surface area contributed by atoms with E-state index in [4.69, 9.17) is 0 Å². The van der Waals surface area contributed by atoms with Gasteiger partial charge in [0.15, 0.2) is 0 Å². The minimum atomic E-state index is -0.193. The molecule has 0 N–H and O–H groups in total. The van der Waals surface area contributed by atoms with Gasteiger partial charge in [-0.05, 0) is 11.6 Å². The fraction of sp³-hybridized carbons (Fsp3) is 0.583. The summed E-state index contributed by atoms with van der Waals surface area (Å²) in [6.07, 6.45) is 2.33. The first-order chi connectivity index (χ1) is 6.84. The number of esters is 1. The summed E-state index contributed by atoms with van der Waals surface area (Å²) in [5, 5.41) is 0. The van der Waals surface area contributed by atoms with E-state index in [0.29, 0.717) is 6.42 Å². The largest absolute Gasteiger partial charge is 0.469 e. The maximum Gasteiger partial charge on any atom is 0.310 e. The lowest BCUT2D eigenvalue weighted by atomic mass is 9.92. The van der Waals surface area contributed by atoms with E-state index in [1.165, 1.54) is 12.8 Å². The van der Waals surface area contributed by atoms with Crippen LogP contribution in [0.2, 0.25) is 0 Å². The molecule has 1 aromatic heterocycles. The van der Waals surface area contributed by atoms with Crippen LogP contribution in [-0.2, 0) is 28.4 Å². The zero-order valence-electron chi connectivity index (χ0n) is 10.1. The van der Waals surface area contributed by atoms with Crippen molar-refractivity contribution in [2.45, 2.75) is 32.6 Å². The first-order valence-electron chi connectivity index (χ1n) is 5.07. The van der Waals surface area contributed by atoms with Crippen LogP contribution in [0.4, 0.5) is 0 Å². The molecule has 0 bridgehead atoms. The Balaban J connectivity index is 2.91. The number of rotatable bonds is 2. The Morgan fingerprint density at radius 2 is 2.07 bits per heavy atom. The highest BCUT2D eigenvalue weighted by Gasteiger charge is 2.18. The first-order valence-corrected chi connectivity index (χ1v) is 5.07. The highest BCUT2D eigenvalue weighted by molar-refractivity contribution is 5.72. The van der Waals surface area contributed by atoms with Gasteiger partial charge in [0.05, 0.1) is 13.5 Å². The molecule has 15 heavy (non-hydrogen) atoms. The molecule has 0 saturated heterocycles. The predicted octanol–water partition coefficient (Wildman–Crippen LogP) is 2.04. The molecule has 0 aliphatic rings. The molecule has 0 amide bonds. The molecule has 1 heterocycles. The number of ether oxygens (including phenoxy) is 1. The Morgan fingerprint density at radius 1 is 1.47 bits per heavy atom. The van der Waals surface area contributed by atoms with Crippen molar-refractivity contribution >= 4 is 5.97 Å². The van der Waals surface area contributed by atoms with Crippen molar-refractivity contribution in [1.29, 1.82) is 0 Å². The molecule has 3 heteroatoms. The van der Waals surface area contributed by atoms with E-state index in [-0.39, 0.29) is 11.4 Å². The van der Waals surface area contributed by atoms with Gasteiger partial charge in [0.25, 0.3) is 0 Å². The Morgan fingerprint density at radius 3 is 2.47 bits per heavy atom. The highest BCUT2D eigenvalue weighted by Crippen LogP contribution is 2.23.